The number of aromatic nitrogens is 1. The fourth-order valence-electron chi connectivity index (χ4n) is 4.21. The molecule has 8 nitrogen and oxygen atoms in total. The summed E-state index contributed by atoms with van der Waals surface area (Å²) in [4.78, 5) is 21.0. The number of aryl methyl sites for hydroxylation is 1. The average Bonchev–Trinajstić information content (AvgIpc) is 3.57. The molecule has 3 N–H and O–H groups in total. The van der Waals surface area contributed by atoms with Crippen LogP contribution in [-0.2, 0) is 4.74 Å². The number of rotatable bonds is 6. The first-order valence-electron chi connectivity index (χ1n) is 11.9. The lowest BCUT2D eigenvalue weighted by Gasteiger charge is -2.30. The fourth-order valence-corrected chi connectivity index (χ4v) is 4.21. The van der Waals surface area contributed by atoms with Gasteiger partial charge < -0.3 is 19.5 Å². The first-order chi connectivity index (χ1) is 16.8. The summed E-state index contributed by atoms with van der Waals surface area (Å²) in [6.07, 6.45) is 3.73. The summed E-state index contributed by atoms with van der Waals surface area (Å²) in [6, 6.07) is 17.0. The third-order valence-electron chi connectivity index (χ3n) is 6.65. The molecule has 0 spiro atoms. The average molecular weight is 479 g/mol. The number of carboxylic acid groups (broad SMARTS) is 2. The lowest BCUT2D eigenvalue weighted by molar-refractivity contribution is 0.0531. The van der Waals surface area contributed by atoms with E-state index in [4.69, 9.17) is 24.3 Å². The summed E-state index contributed by atoms with van der Waals surface area (Å²) in [5, 5.41) is 21.0. The monoisotopic (exact) mass is 478 g/mol. The number of nitrogens with zero attached hydrogens (tertiary/aromatic N) is 1. The van der Waals surface area contributed by atoms with Crippen LogP contribution in [0.1, 0.15) is 56.3 Å². The van der Waals surface area contributed by atoms with Crippen molar-refractivity contribution in [2.75, 3.05) is 5.32 Å². The minimum atomic E-state index is -1.83. The number of carbonyl (C=O) groups excluding carboxylic acids is 1. The van der Waals surface area contributed by atoms with E-state index in [1.54, 1.807) is 6.92 Å². The number of ether oxygens (including phenoxy) is 1. The van der Waals surface area contributed by atoms with Crippen LogP contribution in [0.4, 0.5) is 15.3 Å². The van der Waals surface area contributed by atoms with Crippen LogP contribution in [0, 0.1) is 12.8 Å². The van der Waals surface area contributed by atoms with Gasteiger partial charge in [0.05, 0.1) is 0 Å². The summed E-state index contributed by atoms with van der Waals surface area (Å²) in [5.74, 6) is 1.80. The maximum absolute atomic E-state index is 12.4. The molecule has 1 heterocycles. The van der Waals surface area contributed by atoms with Crippen LogP contribution >= 0.6 is 0 Å². The third-order valence-corrected chi connectivity index (χ3v) is 6.65. The molecule has 1 atom stereocenters. The van der Waals surface area contributed by atoms with E-state index in [0.29, 0.717) is 23.1 Å². The van der Waals surface area contributed by atoms with Crippen molar-refractivity contribution in [3.63, 3.8) is 0 Å². The lowest BCUT2D eigenvalue weighted by Crippen LogP contribution is -2.30. The normalized spacial score (nSPS) is 15.8. The van der Waals surface area contributed by atoms with E-state index in [2.05, 4.69) is 46.9 Å². The summed E-state index contributed by atoms with van der Waals surface area (Å²) < 4.78 is 10.9. The Morgan fingerprint density at radius 2 is 1.51 bits per heavy atom. The molecule has 1 amide bonds. The molecule has 35 heavy (non-hydrogen) atoms. The van der Waals surface area contributed by atoms with Crippen molar-refractivity contribution in [2.45, 2.75) is 58.0 Å². The number of hydrogen-bond acceptors (Lipinski definition) is 5. The number of hydrogen-bond donors (Lipinski definition) is 3. The molecule has 184 valence electrons. The number of carbonyl (C=O) groups is 2. The van der Waals surface area contributed by atoms with Crippen LogP contribution in [0.3, 0.4) is 0 Å². The van der Waals surface area contributed by atoms with Crippen LogP contribution in [0.25, 0.3) is 22.4 Å². The van der Waals surface area contributed by atoms with Crippen LogP contribution in [0.5, 0.6) is 0 Å². The molecule has 1 aromatic heterocycles. The summed E-state index contributed by atoms with van der Waals surface area (Å²) in [5.41, 5.74) is 5.84. The predicted octanol–water partition coefficient (Wildman–Crippen LogP) is 7.15. The van der Waals surface area contributed by atoms with Crippen molar-refractivity contribution < 1.29 is 29.1 Å². The lowest BCUT2D eigenvalue weighted by atomic mass is 9.82. The quantitative estimate of drug-likeness (QED) is 0.344. The molecule has 2 fully saturated rings. The SMILES string of the molecule is Cc1onc(-c2ccc(-c3ccc(C4CC4)cc3)cc2)c1NC(=O)O[C@H](C)C1CCC1.O=C(O)O. The molecule has 3 aromatic rings. The van der Waals surface area contributed by atoms with Gasteiger partial charge in [-0.15, -0.1) is 0 Å². The standard InChI is InChI=1S/C26H28N2O3.CH2O3/c1-16(18-4-3-5-18)30-26(29)27-24-17(2)31-28-25(24)23-14-12-22(13-15-23)21-10-8-20(9-11-21)19-6-7-19;2-1(3)4/h8-16,18-19H,3-7H2,1-2H3,(H,27,29);(H2,2,3,4)/t16-;/m1./s1. The van der Waals surface area contributed by atoms with E-state index < -0.39 is 12.2 Å². The molecule has 0 aliphatic heterocycles. The van der Waals surface area contributed by atoms with Crippen molar-refractivity contribution in [1.82, 2.24) is 5.16 Å². The fraction of sp³-hybridized carbons (Fsp3) is 0.370. The Morgan fingerprint density at radius 3 is 2.03 bits per heavy atom. The minimum absolute atomic E-state index is 0.0806. The first kappa shape index (κ1) is 24.3. The van der Waals surface area contributed by atoms with Crippen LogP contribution in [0.2, 0.25) is 0 Å². The van der Waals surface area contributed by atoms with Gasteiger partial charge in [0.15, 0.2) is 5.76 Å². The zero-order valence-electron chi connectivity index (χ0n) is 19.9. The van der Waals surface area contributed by atoms with E-state index >= 15 is 0 Å². The molecule has 2 aliphatic carbocycles. The van der Waals surface area contributed by atoms with Crippen molar-refractivity contribution in [2.24, 2.45) is 5.92 Å². The van der Waals surface area contributed by atoms with Gasteiger partial charge in [-0.25, -0.2) is 9.59 Å². The largest absolute Gasteiger partial charge is 0.503 e. The molecule has 0 unspecified atom stereocenters. The molecule has 2 aromatic carbocycles. The highest BCUT2D eigenvalue weighted by molar-refractivity contribution is 5.91. The highest BCUT2D eigenvalue weighted by Gasteiger charge is 2.27. The highest BCUT2D eigenvalue weighted by atomic mass is 16.6. The predicted molar refractivity (Wildman–Crippen MR) is 132 cm³/mol. The number of anilines is 1. The van der Waals surface area contributed by atoms with Gasteiger partial charge in [-0.1, -0.05) is 60.1 Å². The van der Waals surface area contributed by atoms with Crippen molar-refractivity contribution >= 4 is 17.9 Å². The molecule has 2 saturated carbocycles. The van der Waals surface area contributed by atoms with Crippen LogP contribution in [-0.4, -0.2) is 33.7 Å². The summed E-state index contributed by atoms with van der Waals surface area (Å²) in [6.45, 7) is 3.75. The second-order valence-corrected chi connectivity index (χ2v) is 9.14. The number of amides is 1. The Kier molecular flexibility index (Phi) is 7.39. The van der Waals surface area contributed by atoms with E-state index in [0.717, 1.165) is 29.9 Å². The second kappa shape index (κ2) is 10.6. The zero-order valence-corrected chi connectivity index (χ0v) is 19.9. The van der Waals surface area contributed by atoms with E-state index in [1.165, 1.54) is 30.4 Å². The van der Waals surface area contributed by atoms with Gasteiger partial charge in [0, 0.05) is 5.56 Å². The third kappa shape index (κ3) is 6.20. The summed E-state index contributed by atoms with van der Waals surface area (Å²) in [7, 11) is 0. The van der Waals surface area contributed by atoms with Gasteiger partial charge in [-0.3, -0.25) is 5.32 Å². The van der Waals surface area contributed by atoms with Crippen LogP contribution in [0.15, 0.2) is 53.1 Å². The number of nitrogens with one attached hydrogen (secondary N) is 1. The van der Waals surface area contributed by atoms with Gasteiger partial charge in [-0.2, -0.15) is 0 Å². The molecular formula is C27H30N2O6. The van der Waals surface area contributed by atoms with Gasteiger partial charge in [-0.05, 0) is 68.1 Å². The Balaban J connectivity index is 0.000000672. The first-order valence-corrected chi connectivity index (χ1v) is 11.9. The smallest absolute Gasteiger partial charge is 0.450 e. The van der Waals surface area contributed by atoms with Crippen molar-refractivity contribution in [3.05, 3.63) is 59.9 Å². The molecule has 2 aliphatic rings. The van der Waals surface area contributed by atoms with E-state index in [-0.39, 0.29) is 6.10 Å². The van der Waals surface area contributed by atoms with Crippen molar-refractivity contribution in [3.8, 4) is 22.4 Å². The van der Waals surface area contributed by atoms with E-state index in [1.807, 2.05) is 19.1 Å². The Morgan fingerprint density at radius 1 is 0.971 bits per heavy atom. The van der Waals surface area contributed by atoms with Gasteiger partial charge >= 0.3 is 12.2 Å². The topological polar surface area (TPSA) is 122 Å². The van der Waals surface area contributed by atoms with Gasteiger partial charge in [0.1, 0.15) is 17.5 Å². The number of benzene rings is 2. The zero-order chi connectivity index (χ0) is 24.9. The minimum Gasteiger partial charge on any atom is -0.450 e. The maximum Gasteiger partial charge on any atom is 0.503 e. The molecule has 0 bridgehead atoms. The molecule has 8 heteroatoms. The highest BCUT2D eigenvalue weighted by Crippen LogP contribution is 2.40. The Labute approximate surface area is 203 Å². The maximum atomic E-state index is 12.4. The molecule has 5 rings (SSSR count). The van der Waals surface area contributed by atoms with Crippen molar-refractivity contribution in [1.29, 1.82) is 0 Å². The Bertz CT molecular complexity index is 1160. The summed E-state index contributed by atoms with van der Waals surface area (Å²) >= 11 is 0. The van der Waals surface area contributed by atoms with E-state index in [9.17, 15) is 4.79 Å². The van der Waals surface area contributed by atoms with Gasteiger partial charge in [0.2, 0.25) is 0 Å². The van der Waals surface area contributed by atoms with Gasteiger partial charge in [0.25, 0.3) is 0 Å². The molecule has 0 radical (unpaired) electrons. The molecular weight excluding hydrogens is 448 g/mol. The second-order valence-electron chi connectivity index (χ2n) is 9.14. The Hall–Kier alpha value is -3.81. The van der Waals surface area contributed by atoms with Crippen LogP contribution < -0.4 is 5.32 Å². The molecule has 0 saturated heterocycles.